The smallest absolute Gasteiger partial charge is 0.0723 e. The first-order valence-electron chi connectivity index (χ1n) is 10.4. The molecule has 0 amide bonds. The zero-order chi connectivity index (χ0) is 20.6. The Bertz CT molecular complexity index is 1520. The molecule has 3 nitrogen and oxygen atoms in total. The number of hydrogen-bond acceptors (Lipinski definition) is 2. The predicted octanol–water partition coefficient (Wildman–Crippen LogP) is 7.11. The maximum absolute atomic E-state index is 4.57. The van der Waals surface area contributed by atoms with Crippen molar-refractivity contribution in [1.82, 2.24) is 15.0 Å². The summed E-state index contributed by atoms with van der Waals surface area (Å²) >= 11 is 0. The van der Waals surface area contributed by atoms with Crippen LogP contribution in [0.5, 0.6) is 0 Å². The second kappa shape index (κ2) is 7.22. The number of aromatic amines is 1. The number of nitrogens with one attached hydrogen (secondary N) is 1. The van der Waals surface area contributed by atoms with Gasteiger partial charge in [-0.05, 0) is 35.9 Å². The first-order valence-corrected chi connectivity index (χ1v) is 10.4. The Morgan fingerprint density at radius 3 is 1.81 bits per heavy atom. The van der Waals surface area contributed by atoms with Crippen LogP contribution in [0.4, 0.5) is 0 Å². The molecule has 0 unspecified atom stereocenters. The van der Waals surface area contributed by atoms with Gasteiger partial charge in [-0.2, -0.15) is 0 Å². The van der Waals surface area contributed by atoms with Gasteiger partial charge in [-0.3, -0.25) is 9.97 Å². The van der Waals surface area contributed by atoms with Gasteiger partial charge in [-0.15, -0.1) is 0 Å². The van der Waals surface area contributed by atoms with Crippen LogP contribution in [-0.4, -0.2) is 15.0 Å². The monoisotopic (exact) mass is 397 g/mol. The van der Waals surface area contributed by atoms with Crippen LogP contribution < -0.4 is 0 Å². The molecule has 3 heteroatoms. The molecule has 1 N–H and O–H groups in total. The third-order valence-electron chi connectivity index (χ3n) is 5.74. The highest BCUT2D eigenvalue weighted by Gasteiger charge is 2.13. The van der Waals surface area contributed by atoms with Crippen molar-refractivity contribution in [2.45, 2.75) is 0 Å². The molecule has 0 radical (unpaired) electrons. The van der Waals surface area contributed by atoms with Gasteiger partial charge in [0.05, 0.1) is 22.4 Å². The summed E-state index contributed by atoms with van der Waals surface area (Å²) in [5.74, 6) is 0. The van der Waals surface area contributed by atoms with E-state index in [1.54, 1.807) is 0 Å². The molecule has 31 heavy (non-hydrogen) atoms. The number of H-pyrrole nitrogens is 1. The molecule has 3 aromatic heterocycles. The summed E-state index contributed by atoms with van der Waals surface area (Å²) in [5, 5.41) is 2.43. The lowest BCUT2D eigenvalue weighted by molar-refractivity contribution is 1.33. The van der Waals surface area contributed by atoms with Gasteiger partial charge in [-0.1, -0.05) is 66.7 Å². The molecule has 0 saturated heterocycles. The first-order chi connectivity index (χ1) is 15.4. The summed E-state index contributed by atoms with van der Waals surface area (Å²) in [4.78, 5) is 12.8. The number of nitrogens with zero attached hydrogens (tertiary/aromatic N) is 2. The Hall–Kier alpha value is -4.24. The summed E-state index contributed by atoms with van der Waals surface area (Å²) in [5.41, 5.74) is 8.77. The number of fused-ring (bicyclic) bond motifs is 3. The highest BCUT2D eigenvalue weighted by atomic mass is 14.7. The molecule has 0 bridgehead atoms. The molecule has 0 aliphatic rings. The molecule has 6 aromatic rings. The fourth-order valence-electron chi connectivity index (χ4n) is 4.30. The van der Waals surface area contributed by atoms with Crippen molar-refractivity contribution < 1.29 is 0 Å². The number of para-hydroxylation sites is 2. The quantitative estimate of drug-likeness (QED) is 0.346. The topological polar surface area (TPSA) is 41.6 Å². The summed E-state index contributed by atoms with van der Waals surface area (Å²) < 4.78 is 0. The van der Waals surface area contributed by atoms with Crippen LogP contribution in [-0.2, 0) is 0 Å². The molecule has 0 aliphatic carbocycles. The Morgan fingerprint density at radius 1 is 0.484 bits per heavy atom. The normalized spacial score (nSPS) is 11.2. The average molecular weight is 397 g/mol. The number of benzene rings is 3. The van der Waals surface area contributed by atoms with Crippen LogP contribution in [0.15, 0.2) is 109 Å². The lowest BCUT2D eigenvalue weighted by atomic mass is 9.99. The van der Waals surface area contributed by atoms with Crippen LogP contribution in [0.2, 0.25) is 0 Å². The van der Waals surface area contributed by atoms with E-state index in [-0.39, 0.29) is 0 Å². The number of pyridine rings is 2. The van der Waals surface area contributed by atoms with E-state index in [9.17, 15) is 0 Å². The van der Waals surface area contributed by atoms with Crippen molar-refractivity contribution in [2.24, 2.45) is 0 Å². The summed E-state index contributed by atoms with van der Waals surface area (Å²) in [6, 6.07) is 33.5. The predicted molar refractivity (Wildman–Crippen MR) is 128 cm³/mol. The Morgan fingerprint density at radius 2 is 1.10 bits per heavy atom. The van der Waals surface area contributed by atoms with Gasteiger partial charge in [0.25, 0.3) is 0 Å². The fourth-order valence-corrected chi connectivity index (χ4v) is 4.30. The molecule has 3 aromatic carbocycles. The Kier molecular flexibility index (Phi) is 4.10. The lowest BCUT2D eigenvalue weighted by Crippen LogP contribution is -1.85. The average Bonchev–Trinajstić information content (AvgIpc) is 3.24. The minimum atomic E-state index is 0.971. The van der Waals surface area contributed by atoms with E-state index in [0.29, 0.717) is 0 Å². The van der Waals surface area contributed by atoms with Crippen LogP contribution in [0.3, 0.4) is 0 Å². The molecule has 146 valence electrons. The maximum Gasteiger partial charge on any atom is 0.0723 e. The zero-order valence-corrected chi connectivity index (χ0v) is 16.8. The second-order valence-electron chi connectivity index (χ2n) is 7.59. The summed E-state index contributed by atoms with van der Waals surface area (Å²) in [7, 11) is 0. The third kappa shape index (κ3) is 2.99. The minimum absolute atomic E-state index is 0.971. The van der Waals surface area contributed by atoms with Gasteiger partial charge in [-0.25, -0.2) is 0 Å². The van der Waals surface area contributed by atoms with Crippen molar-refractivity contribution in [1.29, 1.82) is 0 Å². The molecule has 3 heterocycles. The fraction of sp³-hybridized carbons (Fsp3) is 0. The maximum atomic E-state index is 4.57. The SMILES string of the molecule is c1ccc(-c2cccc(-c3cccc4c3[nH]c3c(-c5ccccn5)cccc34)c2)nc1. The van der Waals surface area contributed by atoms with Gasteiger partial charge < -0.3 is 4.98 Å². The molecule has 0 aliphatic heterocycles. The van der Waals surface area contributed by atoms with Gasteiger partial charge in [0.15, 0.2) is 0 Å². The van der Waals surface area contributed by atoms with E-state index in [1.807, 2.05) is 42.7 Å². The minimum Gasteiger partial charge on any atom is -0.353 e. The number of rotatable bonds is 3. The highest BCUT2D eigenvalue weighted by molar-refractivity contribution is 6.15. The Balaban J connectivity index is 1.58. The molecular formula is C28H19N3. The highest BCUT2D eigenvalue weighted by Crippen LogP contribution is 2.37. The molecular weight excluding hydrogens is 378 g/mol. The third-order valence-corrected chi connectivity index (χ3v) is 5.74. The van der Waals surface area contributed by atoms with Crippen LogP contribution in [0.25, 0.3) is 55.4 Å². The largest absolute Gasteiger partial charge is 0.353 e. The van der Waals surface area contributed by atoms with E-state index in [0.717, 1.165) is 33.5 Å². The van der Waals surface area contributed by atoms with Crippen molar-refractivity contribution in [3.63, 3.8) is 0 Å². The molecule has 0 spiro atoms. The van der Waals surface area contributed by atoms with E-state index >= 15 is 0 Å². The molecule has 0 saturated carbocycles. The van der Waals surface area contributed by atoms with Crippen molar-refractivity contribution >= 4 is 21.8 Å². The van der Waals surface area contributed by atoms with Gasteiger partial charge in [0.2, 0.25) is 0 Å². The van der Waals surface area contributed by atoms with E-state index in [2.05, 4.69) is 81.7 Å². The van der Waals surface area contributed by atoms with Crippen LogP contribution >= 0.6 is 0 Å². The zero-order valence-electron chi connectivity index (χ0n) is 16.8. The lowest BCUT2D eigenvalue weighted by Gasteiger charge is -2.07. The second-order valence-corrected chi connectivity index (χ2v) is 7.59. The van der Waals surface area contributed by atoms with E-state index in [4.69, 9.17) is 0 Å². The number of hydrogen-bond donors (Lipinski definition) is 1. The standard InChI is InChI=1S/C28H19N3/c1-3-16-29-25(14-1)20-9-5-8-19(18-20)21-10-6-11-22-23-12-7-13-24(28(23)31-27(21)22)26-15-2-4-17-30-26/h1-18,31H. The van der Waals surface area contributed by atoms with Crippen molar-refractivity contribution in [2.75, 3.05) is 0 Å². The van der Waals surface area contributed by atoms with Gasteiger partial charge in [0.1, 0.15) is 0 Å². The van der Waals surface area contributed by atoms with Gasteiger partial charge in [0, 0.05) is 39.9 Å². The van der Waals surface area contributed by atoms with Crippen LogP contribution in [0.1, 0.15) is 0 Å². The van der Waals surface area contributed by atoms with Crippen molar-refractivity contribution in [3.05, 3.63) is 109 Å². The van der Waals surface area contributed by atoms with Crippen molar-refractivity contribution in [3.8, 4) is 33.6 Å². The molecule has 0 fully saturated rings. The van der Waals surface area contributed by atoms with E-state index in [1.165, 1.54) is 21.9 Å². The number of aromatic nitrogens is 3. The summed E-state index contributed by atoms with van der Waals surface area (Å²) in [6.07, 6.45) is 3.67. The molecule has 0 atom stereocenters. The Labute approximate surface area is 180 Å². The van der Waals surface area contributed by atoms with E-state index < -0.39 is 0 Å². The summed E-state index contributed by atoms with van der Waals surface area (Å²) in [6.45, 7) is 0. The molecule has 6 rings (SSSR count). The van der Waals surface area contributed by atoms with Gasteiger partial charge >= 0.3 is 0 Å². The van der Waals surface area contributed by atoms with Crippen LogP contribution in [0, 0.1) is 0 Å². The first kappa shape index (κ1) is 17.6.